The number of aromatic nitrogens is 10. The van der Waals surface area contributed by atoms with Crippen LogP contribution in [0.3, 0.4) is 0 Å². The highest BCUT2D eigenvalue weighted by Crippen LogP contribution is 2.46. The highest BCUT2D eigenvalue weighted by molar-refractivity contribution is 5.93. The average Bonchev–Trinajstić information content (AvgIpc) is 4.07. The molecule has 0 saturated heterocycles. The largest absolute Gasteiger partial charge is 0.324 e. The van der Waals surface area contributed by atoms with Crippen LogP contribution in [-0.2, 0) is 22.6 Å². The summed E-state index contributed by atoms with van der Waals surface area (Å²) in [5.41, 5.74) is 9.77. The fraction of sp³-hybridized carbons (Fsp3) is 0.298. The number of hydrogen-bond donors (Lipinski definition) is 2. The first-order chi connectivity index (χ1) is 30.0. The Bertz CT molecular complexity index is 2900. The van der Waals surface area contributed by atoms with Crippen molar-refractivity contribution in [2.75, 3.05) is 10.6 Å². The van der Waals surface area contributed by atoms with Gasteiger partial charge in [-0.3, -0.25) is 14.6 Å². The summed E-state index contributed by atoms with van der Waals surface area (Å²) in [6.07, 6.45) is 15.3. The molecule has 4 aliphatic carbocycles. The maximum Gasteiger partial charge on any atom is 0.246 e. The normalized spacial score (nSPS) is 16.0. The minimum Gasteiger partial charge on any atom is -0.324 e. The first-order valence-electron chi connectivity index (χ1n) is 21.3. The van der Waals surface area contributed by atoms with Gasteiger partial charge in [-0.05, 0) is 124 Å². The molecule has 0 aliphatic heterocycles. The van der Waals surface area contributed by atoms with Gasteiger partial charge in [0, 0.05) is 46.6 Å². The Balaban J connectivity index is 0.000000138. The molecular weight excluding hydrogens is 765 g/mol. The van der Waals surface area contributed by atoms with Crippen molar-refractivity contribution in [2.45, 2.75) is 88.0 Å². The smallest absolute Gasteiger partial charge is 0.246 e. The van der Waals surface area contributed by atoms with Crippen LogP contribution in [0.1, 0.15) is 103 Å². The predicted molar refractivity (Wildman–Crippen MR) is 231 cm³/mol. The number of amides is 2. The fourth-order valence-corrected chi connectivity index (χ4v) is 7.86. The van der Waals surface area contributed by atoms with E-state index in [4.69, 9.17) is 10.2 Å². The zero-order chi connectivity index (χ0) is 40.9. The number of fused-ring (bicyclic) bond motifs is 2. The quantitative estimate of drug-likeness (QED) is 0.124. The monoisotopic (exact) mass is 808 g/mol. The highest BCUT2D eigenvalue weighted by atomic mass is 16.2. The number of para-hydroxylation sites is 1. The maximum absolute atomic E-state index is 12.5. The molecular formula is C47H44N12O2. The van der Waals surface area contributed by atoms with Gasteiger partial charge >= 0.3 is 0 Å². The molecule has 2 N–H and O–H groups in total. The first-order valence-corrected chi connectivity index (χ1v) is 21.3. The zero-order valence-electron chi connectivity index (χ0n) is 33.6. The molecule has 0 spiro atoms. The number of carbonyl (C=O) groups excluding carboxylic acids is 2. The van der Waals surface area contributed by atoms with Crippen molar-refractivity contribution in [2.24, 2.45) is 0 Å². The number of carbonyl (C=O) groups is 2. The van der Waals surface area contributed by atoms with Crippen LogP contribution in [0.4, 0.5) is 11.4 Å². The molecule has 0 radical (unpaired) electrons. The van der Waals surface area contributed by atoms with Gasteiger partial charge in [-0.2, -0.15) is 10.2 Å². The molecule has 4 fully saturated rings. The molecule has 6 heterocycles. The SMILES string of the molecule is O=C(Cc1ccc2ncccc2c1)Nc1ccc(-n2nc(C3CC3)cc2C2CC2)nc1.O=C(Cn1nnc2ccccc21)Nc1ccc(-n2nc(C3CC3)cc2C2CC2)nc1. The van der Waals surface area contributed by atoms with Crippen LogP contribution in [0.2, 0.25) is 0 Å². The third kappa shape index (κ3) is 8.25. The number of pyridine rings is 3. The molecule has 61 heavy (non-hydrogen) atoms. The summed E-state index contributed by atoms with van der Waals surface area (Å²) >= 11 is 0. The van der Waals surface area contributed by atoms with Crippen LogP contribution in [-0.4, -0.2) is 61.3 Å². The van der Waals surface area contributed by atoms with Gasteiger partial charge in [0.2, 0.25) is 11.8 Å². The fourth-order valence-electron chi connectivity index (χ4n) is 7.86. The molecule has 14 nitrogen and oxygen atoms in total. The Kier molecular flexibility index (Phi) is 9.39. The van der Waals surface area contributed by atoms with E-state index in [2.05, 4.69) is 48.0 Å². The van der Waals surface area contributed by atoms with Gasteiger partial charge in [0.05, 0.1) is 52.6 Å². The lowest BCUT2D eigenvalue weighted by atomic mass is 10.1. The minimum atomic E-state index is -0.172. The summed E-state index contributed by atoms with van der Waals surface area (Å²) in [5, 5.41) is 24.7. The van der Waals surface area contributed by atoms with Crippen LogP contribution in [0.25, 0.3) is 33.6 Å². The molecule has 8 aromatic rings. The molecule has 304 valence electrons. The lowest BCUT2D eigenvalue weighted by Gasteiger charge is -2.08. The van der Waals surface area contributed by atoms with Gasteiger partial charge in [-0.1, -0.05) is 29.5 Å². The number of rotatable bonds is 12. The van der Waals surface area contributed by atoms with E-state index in [-0.39, 0.29) is 18.4 Å². The minimum absolute atomic E-state index is 0.0634. The van der Waals surface area contributed by atoms with Crippen LogP contribution >= 0.6 is 0 Å². The second kappa shape index (κ2) is 15.5. The lowest BCUT2D eigenvalue weighted by Crippen LogP contribution is -2.19. The third-order valence-corrected chi connectivity index (χ3v) is 11.7. The van der Waals surface area contributed by atoms with E-state index in [1.54, 1.807) is 23.3 Å². The Morgan fingerprint density at radius 3 is 1.79 bits per heavy atom. The second-order valence-corrected chi connectivity index (χ2v) is 16.8. The molecule has 0 atom stereocenters. The van der Waals surface area contributed by atoms with Gasteiger partial charge in [-0.15, -0.1) is 5.10 Å². The van der Waals surface area contributed by atoms with Gasteiger partial charge in [0.25, 0.3) is 0 Å². The summed E-state index contributed by atoms with van der Waals surface area (Å²) in [6, 6.07) is 29.6. The van der Waals surface area contributed by atoms with Crippen molar-refractivity contribution in [3.8, 4) is 11.6 Å². The van der Waals surface area contributed by atoms with Crippen molar-refractivity contribution in [3.63, 3.8) is 0 Å². The van der Waals surface area contributed by atoms with Crippen molar-refractivity contribution < 1.29 is 9.59 Å². The topological polar surface area (TPSA) is 163 Å². The zero-order valence-corrected chi connectivity index (χ0v) is 33.6. The highest BCUT2D eigenvalue weighted by Gasteiger charge is 2.34. The Morgan fingerprint density at radius 1 is 0.590 bits per heavy atom. The van der Waals surface area contributed by atoms with Crippen LogP contribution in [0.5, 0.6) is 0 Å². The third-order valence-electron chi connectivity index (χ3n) is 11.7. The van der Waals surface area contributed by atoms with Gasteiger partial charge in [-0.25, -0.2) is 24.0 Å². The summed E-state index contributed by atoms with van der Waals surface area (Å²) < 4.78 is 5.58. The van der Waals surface area contributed by atoms with Crippen LogP contribution < -0.4 is 10.6 Å². The van der Waals surface area contributed by atoms with Gasteiger partial charge in [0.1, 0.15) is 12.1 Å². The molecule has 4 aliphatic rings. The molecule has 2 aromatic carbocycles. The standard InChI is InChI=1S/C25H23N5O.C22H21N7O/c31-25(13-16-3-9-21-19(12-16)2-1-11-26-21)28-20-8-10-24(27-15-20)30-23(18-6-7-18)14-22(29-30)17-4-5-17;30-22(13-28-19-4-2-1-3-17(19)25-27-28)24-16-9-10-21(23-12-16)29-20(15-7-8-15)11-18(26-29)14-5-6-14/h1-3,8-12,14-15,17-18H,4-7,13H2,(H,28,31);1-4,9-12,14-15H,5-8,13H2,(H,24,30). The number of nitrogens with zero attached hydrogens (tertiary/aromatic N) is 10. The maximum atomic E-state index is 12.5. The van der Waals surface area contributed by atoms with Crippen molar-refractivity contribution in [3.05, 3.63) is 138 Å². The number of benzene rings is 2. The molecule has 12 rings (SSSR count). The Hall–Kier alpha value is -7.09. The van der Waals surface area contributed by atoms with Crippen molar-refractivity contribution >= 4 is 45.1 Å². The average molecular weight is 809 g/mol. The van der Waals surface area contributed by atoms with E-state index < -0.39 is 0 Å². The molecule has 14 heteroatoms. The van der Waals surface area contributed by atoms with E-state index in [1.807, 2.05) is 88.2 Å². The van der Waals surface area contributed by atoms with Crippen LogP contribution in [0, 0.1) is 0 Å². The second-order valence-electron chi connectivity index (χ2n) is 16.8. The first kappa shape index (κ1) is 36.9. The molecule has 4 saturated carbocycles. The van der Waals surface area contributed by atoms with E-state index >= 15 is 0 Å². The molecule has 0 bridgehead atoms. The summed E-state index contributed by atoms with van der Waals surface area (Å²) in [7, 11) is 0. The van der Waals surface area contributed by atoms with Crippen molar-refractivity contribution in [1.82, 2.24) is 49.5 Å². The Morgan fingerprint density at radius 2 is 1.20 bits per heavy atom. The van der Waals surface area contributed by atoms with Crippen LogP contribution in [0.15, 0.2) is 110 Å². The summed E-state index contributed by atoms with van der Waals surface area (Å²) in [6.45, 7) is 0.0952. The van der Waals surface area contributed by atoms with Gasteiger partial charge in [0.15, 0.2) is 11.6 Å². The van der Waals surface area contributed by atoms with E-state index in [0.717, 1.165) is 39.1 Å². The number of anilines is 2. The number of hydrogen-bond acceptors (Lipinski definition) is 9. The molecule has 2 amide bonds. The van der Waals surface area contributed by atoms with E-state index in [9.17, 15) is 9.59 Å². The summed E-state index contributed by atoms with van der Waals surface area (Å²) in [5.74, 6) is 3.83. The molecule has 0 unspecified atom stereocenters. The van der Waals surface area contributed by atoms with E-state index in [1.165, 1.54) is 74.1 Å². The van der Waals surface area contributed by atoms with E-state index in [0.29, 0.717) is 41.5 Å². The predicted octanol–water partition coefficient (Wildman–Crippen LogP) is 8.16. The Labute approximate surface area is 351 Å². The summed E-state index contributed by atoms with van der Waals surface area (Å²) in [4.78, 5) is 38.5. The van der Waals surface area contributed by atoms with Gasteiger partial charge < -0.3 is 10.6 Å². The number of nitrogens with one attached hydrogen (secondary N) is 2. The van der Waals surface area contributed by atoms with Crippen molar-refractivity contribution in [1.29, 1.82) is 0 Å². The molecule has 6 aromatic heterocycles. The lowest BCUT2D eigenvalue weighted by molar-refractivity contribution is -0.117.